The minimum atomic E-state index is -3.00. The van der Waals surface area contributed by atoms with Gasteiger partial charge in [-0.15, -0.1) is 0 Å². The number of hydrogen-bond acceptors (Lipinski definition) is 4. The Morgan fingerprint density at radius 1 is 1.69 bits per heavy atom. The van der Waals surface area contributed by atoms with Gasteiger partial charge in [0.2, 0.25) is 0 Å². The molecule has 0 aliphatic carbocycles. The summed E-state index contributed by atoms with van der Waals surface area (Å²) >= 11 is 2.73. The molecule has 5 nitrogen and oxygen atoms in total. The van der Waals surface area contributed by atoms with Crippen LogP contribution in [0, 0.1) is 21.4 Å². The maximum atomic E-state index is 12.5. The van der Waals surface area contributed by atoms with Crippen LogP contribution in [0.3, 0.4) is 0 Å². The van der Waals surface area contributed by atoms with Crippen molar-refractivity contribution < 1.29 is 13.7 Å². The van der Waals surface area contributed by atoms with Crippen molar-refractivity contribution in [1.29, 1.82) is 5.26 Å². The highest BCUT2D eigenvalue weighted by Crippen LogP contribution is 2.34. The van der Waals surface area contributed by atoms with E-state index in [1.54, 1.807) is 6.07 Å². The van der Waals surface area contributed by atoms with E-state index in [4.69, 9.17) is 5.26 Å². The zero-order valence-electron chi connectivity index (χ0n) is 7.65. The molecule has 0 aliphatic heterocycles. The van der Waals surface area contributed by atoms with Crippen LogP contribution >= 0.6 is 15.9 Å². The summed E-state index contributed by atoms with van der Waals surface area (Å²) in [6, 6.07) is 2.62. The summed E-state index contributed by atoms with van der Waals surface area (Å²) in [4.78, 5) is 13.3. The van der Waals surface area contributed by atoms with Crippen molar-refractivity contribution >= 4 is 21.6 Å². The Hall–Kier alpha value is -1.62. The molecule has 0 bridgehead atoms. The summed E-state index contributed by atoms with van der Waals surface area (Å²) in [7, 11) is 0. The quantitative estimate of drug-likeness (QED) is 0.487. The maximum absolute atomic E-state index is 12.5. The first kappa shape index (κ1) is 12.4. The minimum Gasteiger partial charge on any atom is -0.258 e. The summed E-state index contributed by atoms with van der Waals surface area (Å²) in [5.41, 5.74) is -1.43. The van der Waals surface area contributed by atoms with Gasteiger partial charge in [-0.05, 0) is 15.9 Å². The normalized spacial score (nSPS) is 10.2. The van der Waals surface area contributed by atoms with Crippen molar-refractivity contribution in [2.75, 3.05) is 0 Å². The second kappa shape index (κ2) is 4.94. The van der Waals surface area contributed by atoms with Crippen molar-refractivity contribution in [1.82, 2.24) is 4.98 Å². The Bertz CT molecular complexity index is 473. The molecule has 0 saturated heterocycles. The molecule has 0 aromatic carbocycles. The van der Waals surface area contributed by atoms with Crippen LogP contribution in [-0.2, 0) is 6.42 Å². The predicted molar refractivity (Wildman–Crippen MR) is 52.9 cm³/mol. The summed E-state index contributed by atoms with van der Waals surface area (Å²) in [6.45, 7) is 0. The van der Waals surface area contributed by atoms with E-state index in [1.807, 2.05) is 0 Å². The van der Waals surface area contributed by atoms with E-state index in [9.17, 15) is 18.9 Å². The largest absolute Gasteiger partial charge is 0.282 e. The monoisotopic (exact) mass is 291 g/mol. The van der Waals surface area contributed by atoms with Crippen molar-refractivity contribution in [2.24, 2.45) is 0 Å². The van der Waals surface area contributed by atoms with Crippen LogP contribution < -0.4 is 0 Å². The molecule has 84 valence electrons. The maximum Gasteiger partial charge on any atom is 0.282 e. The fourth-order valence-electron chi connectivity index (χ4n) is 1.08. The Morgan fingerprint density at radius 2 is 2.31 bits per heavy atom. The van der Waals surface area contributed by atoms with Crippen molar-refractivity contribution in [2.45, 2.75) is 12.8 Å². The van der Waals surface area contributed by atoms with Crippen LogP contribution in [0.25, 0.3) is 0 Å². The van der Waals surface area contributed by atoms with E-state index in [0.717, 1.165) is 6.07 Å². The minimum absolute atomic E-state index is 0.0745. The van der Waals surface area contributed by atoms with E-state index in [2.05, 4.69) is 20.9 Å². The van der Waals surface area contributed by atoms with Gasteiger partial charge < -0.3 is 0 Å². The van der Waals surface area contributed by atoms with Gasteiger partial charge in [-0.1, -0.05) is 0 Å². The lowest BCUT2D eigenvalue weighted by atomic mass is 10.2. The van der Waals surface area contributed by atoms with Crippen LogP contribution in [0.15, 0.2) is 10.7 Å². The predicted octanol–water partition coefficient (Wildman–Crippen LogP) is 2.76. The molecule has 0 amide bonds. The number of aromatic nitrogens is 1. The first-order valence-electron chi connectivity index (χ1n) is 3.96. The number of halogens is 3. The van der Waals surface area contributed by atoms with Gasteiger partial charge in [0, 0.05) is 6.07 Å². The highest BCUT2D eigenvalue weighted by molar-refractivity contribution is 9.10. The van der Waals surface area contributed by atoms with Crippen LogP contribution in [0.4, 0.5) is 14.5 Å². The second-order valence-electron chi connectivity index (χ2n) is 2.73. The molecule has 1 aromatic rings. The second-order valence-corrected chi connectivity index (χ2v) is 3.48. The highest BCUT2D eigenvalue weighted by atomic mass is 79.9. The molecule has 0 N–H and O–H groups in total. The highest BCUT2D eigenvalue weighted by Gasteiger charge is 2.26. The average Bonchev–Trinajstić information content (AvgIpc) is 2.16. The van der Waals surface area contributed by atoms with Crippen LogP contribution in [0.1, 0.15) is 17.7 Å². The average molecular weight is 292 g/mol. The molecule has 1 heterocycles. The lowest BCUT2D eigenvalue weighted by Gasteiger charge is -2.05. The van der Waals surface area contributed by atoms with Gasteiger partial charge in [-0.25, -0.2) is 13.8 Å². The van der Waals surface area contributed by atoms with Gasteiger partial charge in [-0.2, -0.15) is 5.26 Å². The third-order valence-electron chi connectivity index (χ3n) is 1.72. The summed E-state index contributed by atoms with van der Waals surface area (Å²) in [5, 5.41) is 19.0. The van der Waals surface area contributed by atoms with E-state index in [0.29, 0.717) is 0 Å². The van der Waals surface area contributed by atoms with Gasteiger partial charge >= 0.3 is 0 Å². The summed E-state index contributed by atoms with van der Waals surface area (Å²) in [5.74, 6) is 0. The van der Waals surface area contributed by atoms with E-state index >= 15 is 0 Å². The third kappa shape index (κ3) is 2.49. The Labute approximate surface area is 97.0 Å². The van der Waals surface area contributed by atoms with Crippen molar-refractivity contribution in [3.63, 3.8) is 0 Å². The van der Waals surface area contributed by atoms with E-state index in [1.165, 1.54) is 0 Å². The molecule has 8 heteroatoms. The third-order valence-corrected chi connectivity index (χ3v) is 2.32. The lowest BCUT2D eigenvalue weighted by molar-refractivity contribution is -0.386. The number of rotatable bonds is 3. The molecule has 0 atom stereocenters. The molecule has 0 fully saturated rings. The SMILES string of the molecule is N#CCc1cc([N+](=O)[O-])c(C(F)F)c(Br)n1. The van der Waals surface area contributed by atoms with Gasteiger partial charge in [0.15, 0.2) is 0 Å². The summed E-state index contributed by atoms with van der Waals surface area (Å²) < 4.78 is 24.7. The van der Waals surface area contributed by atoms with Gasteiger partial charge in [0.1, 0.15) is 10.2 Å². The lowest BCUT2D eigenvalue weighted by Crippen LogP contribution is -2.02. The zero-order valence-corrected chi connectivity index (χ0v) is 9.24. The first-order chi connectivity index (χ1) is 7.47. The zero-order chi connectivity index (χ0) is 12.3. The molecular weight excluding hydrogens is 288 g/mol. The topological polar surface area (TPSA) is 79.8 Å². The van der Waals surface area contributed by atoms with Gasteiger partial charge in [-0.3, -0.25) is 10.1 Å². The molecule has 0 aliphatic rings. The number of alkyl halides is 2. The van der Waals surface area contributed by atoms with E-state index < -0.39 is 22.6 Å². The molecule has 1 aromatic heterocycles. The Balaban J connectivity index is 3.40. The summed E-state index contributed by atoms with van der Waals surface area (Å²) in [6.07, 6.45) is -3.18. The number of pyridine rings is 1. The van der Waals surface area contributed by atoms with Gasteiger partial charge in [0.25, 0.3) is 12.1 Å². The molecule has 16 heavy (non-hydrogen) atoms. The van der Waals surface area contributed by atoms with Gasteiger partial charge in [0.05, 0.1) is 23.1 Å². The van der Waals surface area contributed by atoms with Crippen molar-refractivity contribution in [3.8, 4) is 6.07 Å². The first-order valence-corrected chi connectivity index (χ1v) is 4.75. The van der Waals surface area contributed by atoms with Crippen LogP contribution in [0.5, 0.6) is 0 Å². The number of nitro groups is 1. The van der Waals surface area contributed by atoms with Crippen LogP contribution in [0.2, 0.25) is 0 Å². The Kier molecular flexibility index (Phi) is 3.84. The smallest absolute Gasteiger partial charge is 0.258 e. The number of hydrogen-bond donors (Lipinski definition) is 0. The Morgan fingerprint density at radius 3 is 2.75 bits per heavy atom. The molecular formula is C8H4BrF2N3O2. The number of nitriles is 1. The molecule has 1 rings (SSSR count). The van der Waals surface area contributed by atoms with Crippen molar-refractivity contribution in [3.05, 3.63) is 32.0 Å². The fraction of sp³-hybridized carbons (Fsp3) is 0.250. The standard InChI is InChI=1S/C8H4BrF2N3O2/c9-7-6(8(10)11)5(14(15)16)3-4(13-7)1-2-12/h3,8H,1H2. The van der Waals surface area contributed by atoms with Crippen LogP contribution in [-0.4, -0.2) is 9.91 Å². The molecule has 0 saturated carbocycles. The molecule has 0 unspecified atom stereocenters. The number of nitrogens with zero attached hydrogens (tertiary/aromatic N) is 3. The molecule has 0 spiro atoms. The van der Waals surface area contributed by atoms with E-state index in [-0.39, 0.29) is 16.7 Å². The molecule has 0 radical (unpaired) electrons. The fourth-order valence-corrected chi connectivity index (χ4v) is 1.69.